The van der Waals surface area contributed by atoms with Gasteiger partial charge in [-0.3, -0.25) is 4.68 Å². The molecule has 2 rings (SSSR count). The maximum absolute atomic E-state index is 11.6. The van der Waals surface area contributed by atoms with Gasteiger partial charge in [-0.05, 0) is 18.2 Å². The van der Waals surface area contributed by atoms with E-state index in [1.165, 1.54) is 6.26 Å². The van der Waals surface area contributed by atoms with E-state index in [0.717, 1.165) is 5.69 Å². The number of anilines is 1. The van der Waals surface area contributed by atoms with Gasteiger partial charge < -0.3 is 5.32 Å². The molecule has 0 atom stereocenters. The van der Waals surface area contributed by atoms with E-state index in [2.05, 4.69) is 15.4 Å². The lowest BCUT2D eigenvalue weighted by Gasteiger charge is -2.08. The number of aromatic nitrogens is 3. The summed E-state index contributed by atoms with van der Waals surface area (Å²) < 4.78 is 24.9. The monoisotopic (exact) mass is 280 g/mol. The van der Waals surface area contributed by atoms with E-state index in [1.807, 2.05) is 19.3 Å². The van der Waals surface area contributed by atoms with Crippen molar-refractivity contribution in [2.24, 2.45) is 7.05 Å². The van der Waals surface area contributed by atoms with Crippen molar-refractivity contribution in [3.63, 3.8) is 0 Å². The van der Waals surface area contributed by atoms with Crippen molar-refractivity contribution in [3.8, 4) is 0 Å². The smallest absolute Gasteiger partial charge is 0.179 e. The molecule has 0 bridgehead atoms. The van der Waals surface area contributed by atoms with E-state index >= 15 is 0 Å². The minimum absolute atomic E-state index is 0.219. The van der Waals surface area contributed by atoms with Crippen LogP contribution in [-0.4, -0.2) is 36.0 Å². The number of rotatable bonds is 5. The quantitative estimate of drug-likeness (QED) is 0.879. The van der Waals surface area contributed by atoms with Crippen molar-refractivity contribution < 1.29 is 8.42 Å². The third kappa shape index (κ3) is 3.54. The Morgan fingerprint density at radius 1 is 1.37 bits per heavy atom. The Kier molecular flexibility index (Phi) is 3.84. The van der Waals surface area contributed by atoms with Gasteiger partial charge in [-0.2, -0.15) is 5.10 Å². The lowest BCUT2D eigenvalue weighted by atomic mass is 10.3. The van der Waals surface area contributed by atoms with Crippen LogP contribution in [0.4, 0.5) is 5.82 Å². The van der Waals surface area contributed by atoms with Gasteiger partial charge in [0.05, 0.1) is 5.69 Å². The molecule has 0 unspecified atom stereocenters. The van der Waals surface area contributed by atoms with Gasteiger partial charge in [-0.25, -0.2) is 13.4 Å². The summed E-state index contributed by atoms with van der Waals surface area (Å²) in [6.07, 6.45) is 5.32. The van der Waals surface area contributed by atoms with Crippen LogP contribution in [0.5, 0.6) is 0 Å². The molecule has 0 saturated carbocycles. The van der Waals surface area contributed by atoms with E-state index in [9.17, 15) is 8.42 Å². The lowest BCUT2D eigenvalue weighted by molar-refractivity contribution is 0.602. The van der Waals surface area contributed by atoms with E-state index in [0.29, 0.717) is 18.8 Å². The molecule has 19 heavy (non-hydrogen) atoms. The summed E-state index contributed by atoms with van der Waals surface area (Å²) in [7, 11) is -1.41. The first-order valence-electron chi connectivity index (χ1n) is 5.84. The Labute approximate surface area is 112 Å². The van der Waals surface area contributed by atoms with Gasteiger partial charge in [0.15, 0.2) is 9.84 Å². The zero-order valence-corrected chi connectivity index (χ0v) is 11.7. The van der Waals surface area contributed by atoms with Crippen LogP contribution >= 0.6 is 0 Å². The summed E-state index contributed by atoms with van der Waals surface area (Å²) in [5.41, 5.74) is 0.951. The molecule has 0 amide bonds. The summed E-state index contributed by atoms with van der Waals surface area (Å²) >= 11 is 0. The Hall–Kier alpha value is -1.89. The van der Waals surface area contributed by atoms with Crippen LogP contribution in [-0.2, 0) is 23.3 Å². The summed E-state index contributed by atoms with van der Waals surface area (Å²) in [5, 5.41) is 7.29. The predicted molar refractivity (Wildman–Crippen MR) is 72.7 cm³/mol. The minimum atomic E-state index is -3.27. The SMILES string of the molecule is Cn1ccc(CCNc2ncccc2S(C)(=O)=O)n1. The van der Waals surface area contributed by atoms with E-state index in [4.69, 9.17) is 0 Å². The fraction of sp³-hybridized carbons (Fsp3) is 0.333. The predicted octanol–water partition coefficient (Wildman–Crippen LogP) is 0.873. The molecule has 2 aromatic heterocycles. The highest BCUT2D eigenvalue weighted by atomic mass is 32.2. The van der Waals surface area contributed by atoms with Gasteiger partial charge in [-0.15, -0.1) is 0 Å². The van der Waals surface area contributed by atoms with Crippen LogP contribution < -0.4 is 5.32 Å². The van der Waals surface area contributed by atoms with Crippen molar-refractivity contribution >= 4 is 15.7 Å². The fourth-order valence-electron chi connectivity index (χ4n) is 1.73. The van der Waals surface area contributed by atoms with Crippen molar-refractivity contribution in [1.82, 2.24) is 14.8 Å². The second kappa shape index (κ2) is 5.40. The Morgan fingerprint density at radius 2 is 2.16 bits per heavy atom. The molecule has 2 heterocycles. The molecule has 0 aromatic carbocycles. The van der Waals surface area contributed by atoms with E-state index in [1.54, 1.807) is 23.0 Å². The normalized spacial score (nSPS) is 11.5. The molecule has 0 fully saturated rings. The number of hydrogen-bond acceptors (Lipinski definition) is 5. The molecule has 1 N–H and O–H groups in total. The van der Waals surface area contributed by atoms with Crippen LogP contribution in [0.1, 0.15) is 5.69 Å². The lowest BCUT2D eigenvalue weighted by Crippen LogP contribution is -2.11. The zero-order chi connectivity index (χ0) is 13.9. The number of nitrogens with one attached hydrogen (secondary N) is 1. The van der Waals surface area contributed by atoms with Gasteiger partial charge in [0, 0.05) is 38.7 Å². The summed E-state index contributed by atoms with van der Waals surface area (Å²) in [4.78, 5) is 4.28. The average molecular weight is 280 g/mol. The Morgan fingerprint density at radius 3 is 2.79 bits per heavy atom. The summed E-state index contributed by atoms with van der Waals surface area (Å²) in [5.74, 6) is 0.390. The first-order chi connectivity index (χ1) is 8.97. The van der Waals surface area contributed by atoms with Crippen LogP contribution in [0.15, 0.2) is 35.5 Å². The molecule has 0 aliphatic rings. The highest BCUT2D eigenvalue weighted by molar-refractivity contribution is 7.90. The maximum Gasteiger partial charge on any atom is 0.179 e. The average Bonchev–Trinajstić information content (AvgIpc) is 2.74. The van der Waals surface area contributed by atoms with E-state index in [-0.39, 0.29) is 4.90 Å². The number of pyridine rings is 1. The molecule has 0 spiro atoms. The molecule has 6 nitrogen and oxygen atoms in total. The largest absolute Gasteiger partial charge is 0.369 e. The van der Waals surface area contributed by atoms with Crippen LogP contribution in [0.3, 0.4) is 0 Å². The van der Waals surface area contributed by atoms with Gasteiger partial charge in [0.2, 0.25) is 0 Å². The molecular formula is C12H16N4O2S. The minimum Gasteiger partial charge on any atom is -0.369 e. The molecular weight excluding hydrogens is 264 g/mol. The first kappa shape index (κ1) is 13.5. The first-order valence-corrected chi connectivity index (χ1v) is 7.73. The zero-order valence-electron chi connectivity index (χ0n) is 10.9. The number of hydrogen-bond donors (Lipinski definition) is 1. The molecule has 0 saturated heterocycles. The van der Waals surface area contributed by atoms with Gasteiger partial charge in [0.1, 0.15) is 10.7 Å². The van der Waals surface area contributed by atoms with Crippen molar-refractivity contribution in [2.45, 2.75) is 11.3 Å². The van der Waals surface area contributed by atoms with Crippen LogP contribution in [0.25, 0.3) is 0 Å². The van der Waals surface area contributed by atoms with E-state index < -0.39 is 9.84 Å². The van der Waals surface area contributed by atoms with Crippen molar-refractivity contribution in [3.05, 3.63) is 36.3 Å². The highest BCUT2D eigenvalue weighted by Gasteiger charge is 2.13. The molecule has 0 aliphatic heterocycles. The molecule has 7 heteroatoms. The fourth-order valence-corrected chi connectivity index (χ4v) is 2.53. The maximum atomic E-state index is 11.6. The topological polar surface area (TPSA) is 76.9 Å². The molecule has 0 aliphatic carbocycles. The Balaban J connectivity index is 2.04. The molecule has 0 radical (unpaired) electrons. The van der Waals surface area contributed by atoms with Crippen LogP contribution in [0, 0.1) is 0 Å². The van der Waals surface area contributed by atoms with Gasteiger partial charge in [0.25, 0.3) is 0 Å². The van der Waals surface area contributed by atoms with Crippen molar-refractivity contribution in [1.29, 1.82) is 0 Å². The molecule has 2 aromatic rings. The van der Waals surface area contributed by atoms with Crippen molar-refractivity contribution in [2.75, 3.05) is 18.1 Å². The van der Waals surface area contributed by atoms with Gasteiger partial charge >= 0.3 is 0 Å². The summed E-state index contributed by atoms with van der Waals surface area (Å²) in [6.45, 7) is 0.580. The molecule has 102 valence electrons. The third-order valence-electron chi connectivity index (χ3n) is 2.61. The second-order valence-corrected chi connectivity index (χ2v) is 6.26. The summed E-state index contributed by atoms with van der Waals surface area (Å²) in [6, 6.07) is 5.09. The third-order valence-corrected chi connectivity index (χ3v) is 3.74. The number of aryl methyl sites for hydroxylation is 1. The van der Waals surface area contributed by atoms with Crippen LogP contribution in [0.2, 0.25) is 0 Å². The Bertz CT molecular complexity index is 664. The second-order valence-electron chi connectivity index (χ2n) is 4.28. The number of sulfone groups is 1. The van der Waals surface area contributed by atoms with Gasteiger partial charge in [-0.1, -0.05) is 0 Å². The number of nitrogens with zero attached hydrogens (tertiary/aromatic N) is 3. The highest BCUT2D eigenvalue weighted by Crippen LogP contribution is 2.17. The standard InChI is InChI=1S/C12H16N4O2S/c1-16-9-6-10(15-16)5-8-14-12-11(19(2,17)18)4-3-7-13-12/h3-4,6-7,9H,5,8H2,1-2H3,(H,13,14).